The van der Waals surface area contributed by atoms with Gasteiger partial charge in [-0.3, -0.25) is 4.79 Å². The summed E-state index contributed by atoms with van der Waals surface area (Å²) >= 11 is 0. The van der Waals surface area contributed by atoms with Gasteiger partial charge in [-0.1, -0.05) is 51.1 Å². The van der Waals surface area contributed by atoms with Crippen molar-refractivity contribution in [2.75, 3.05) is 5.32 Å². The third-order valence-corrected chi connectivity index (χ3v) is 3.65. The number of nitrogens with one attached hydrogen (secondary N) is 1. The van der Waals surface area contributed by atoms with E-state index in [2.05, 4.69) is 26.1 Å². The Morgan fingerprint density at radius 1 is 0.920 bits per heavy atom. The van der Waals surface area contributed by atoms with E-state index in [1.54, 1.807) is 0 Å². The van der Waals surface area contributed by atoms with Crippen molar-refractivity contribution >= 4 is 17.7 Å². The Bertz CT molecular complexity index is 752. The zero-order valence-electron chi connectivity index (χ0n) is 14.3. The molecule has 0 radical (unpaired) electrons. The van der Waals surface area contributed by atoms with Gasteiger partial charge in [0.1, 0.15) is 0 Å². The number of alkyl halides is 3. The second-order valence-corrected chi connectivity index (χ2v) is 6.78. The lowest BCUT2D eigenvalue weighted by molar-refractivity contribution is -0.0790. The van der Waals surface area contributed by atoms with Gasteiger partial charge in [0.25, 0.3) is 5.91 Å². The van der Waals surface area contributed by atoms with Crippen LogP contribution in [0.5, 0.6) is 0 Å². The van der Waals surface area contributed by atoms with Gasteiger partial charge in [-0.15, -0.1) is 0 Å². The highest BCUT2D eigenvalue weighted by atomic mass is 19.4. The van der Waals surface area contributed by atoms with Crippen molar-refractivity contribution in [2.45, 2.75) is 32.4 Å². The average Bonchev–Trinajstić information content (AvgIpc) is 2.52. The van der Waals surface area contributed by atoms with Crippen LogP contribution in [-0.4, -0.2) is 12.1 Å². The molecule has 0 atom stereocenters. The first-order valence-corrected chi connectivity index (χ1v) is 7.82. The predicted molar refractivity (Wildman–Crippen MR) is 94.6 cm³/mol. The maximum Gasteiger partial charge on any atom is 0.409 e. The van der Waals surface area contributed by atoms with E-state index in [0.717, 1.165) is 11.6 Å². The van der Waals surface area contributed by atoms with Crippen LogP contribution < -0.4 is 5.32 Å². The van der Waals surface area contributed by atoms with Gasteiger partial charge in [0.2, 0.25) is 0 Å². The fraction of sp³-hybridized carbons (Fsp3) is 0.250. The number of anilines is 1. The van der Waals surface area contributed by atoms with Gasteiger partial charge in [0.05, 0.1) is 0 Å². The molecule has 0 aliphatic heterocycles. The predicted octanol–water partition coefficient (Wildman–Crippen LogP) is 5.81. The molecule has 0 saturated heterocycles. The van der Waals surface area contributed by atoms with Crippen LogP contribution >= 0.6 is 0 Å². The number of benzene rings is 2. The molecular formula is C20H20F3NO. The van der Waals surface area contributed by atoms with Crippen molar-refractivity contribution < 1.29 is 18.0 Å². The lowest BCUT2D eigenvalue weighted by Crippen LogP contribution is -2.13. The second kappa shape index (κ2) is 7.13. The van der Waals surface area contributed by atoms with Crippen LogP contribution in [-0.2, 0) is 5.41 Å². The Hall–Kier alpha value is -2.56. The lowest BCUT2D eigenvalue weighted by Gasteiger charge is -2.19. The van der Waals surface area contributed by atoms with E-state index in [1.807, 2.05) is 24.3 Å². The summed E-state index contributed by atoms with van der Waals surface area (Å²) in [6, 6.07) is 13.5. The highest BCUT2D eigenvalue weighted by Crippen LogP contribution is 2.24. The van der Waals surface area contributed by atoms with Gasteiger partial charge in [-0.2, -0.15) is 13.2 Å². The van der Waals surface area contributed by atoms with E-state index in [0.29, 0.717) is 16.8 Å². The van der Waals surface area contributed by atoms with Gasteiger partial charge in [-0.05, 0) is 40.8 Å². The summed E-state index contributed by atoms with van der Waals surface area (Å²) in [7, 11) is 0. The van der Waals surface area contributed by atoms with Crippen LogP contribution in [0, 0.1) is 0 Å². The van der Waals surface area contributed by atoms with E-state index in [1.165, 1.54) is 24.3 Å². The summed E-state index contributed by atoms with van der Waals surface area (Å²) in [5.41, 5.74) is 2.61. The van der Waals surface area contributed by atoms with Crippen LogP contribution in [0.2, 0.25) is 0 Å². The summed E-state index contributed by atoms with van der Waals surface area (Å²) in [5.74, 6) is -0.310. The van der Waals surface area contributed by atoms with Crippen molar-refractivity contribution in [1.82, 2.24) is 0 Å². The number of halogens is 3. The van der Waals surface area contributed by atoms with Crippen molar-refractivity contribution in [3.05, 3.63) is 71.3 Å². The van der Waals surface area contributed by atoms with Crippen molar-refractivity contribution in [1.29, 1.82) is 0 Å². The molecule has 5 heteroatoms. The zero-order chi connectivity index (χ0) is 18.7. The Morgan fingerprint density at radius 3 is 1.96 bits per heavy atom. The van der Waals surface area contributed by atoms with Crippen LogP contribution in [0.25, 0.3) is 6.08 Å². The Morgan fingerprint density at radius 2 is 1.48 bits per heavy atom. The van der Waals surface area contributed by atoms with Crippen LogP contribution in [0.3, 0.4) is 0 Å². The third kappa shape index (κ3) is 5.78. The van der Waals surface area contributed by atoms with Crippen molar-refractivity contribution in [3.63, 3.8) is 0 Å². The molecule has 25 heavy (non-hydrogen) atoms. The Balaban J connectivity index is 2.05. The Kier molecular flexibility index (Phi) is 5.36. The number of carbonyl (C=O) groups is 1. The van der Waals surface area contributed by atoms with Gasteiger partial charge in [0, 0.05) is 17.3 Å². The normalized spacial score (nSPS) is 12.4. The molecule has 1 N–H and O–H groups in total. The molecule has 0 unspecified atom stereocenters. The molecule has 2 nitrogen and oxygen atoms in total. The minimum absolute atomic E-state index is 0.0301. The van der Waals surface area contributed by atoms with E-state index in [4.69, 9.17) is 0 Å². The number of amides is 1. The number of carbonyl (C=O) groups excluding carboxylic acids is 1. The molecule has 0 spiro atoms. The van der Waals surface area contributed by atoms with Gasteiger partial charge < -0.3 is 5.32 Å². The molecule has 0 aromatic heterocycles. The molecule has 0 aliphatic rings. The summed E-state index contributed by atoms with van der Waals surface area (Å²) in [6.07, 6.45) is -3.22. The first-order chi connectivity index (χ1) is 11.5. The molecule has 1 amide bonds. The maximum atomic E-state index is 12.2. The molecule has 0 heterocycles. The topological polar surface area (TPSA) is 29.1 Å². The first kappa shape index (κ1) is 18.8. The monoisotopic (exact) mass is 347 g/mol. The minimum Gasteiger partial charge on any atom is -0.322 e. The molecule has 2 aromatic rings. The SMILES string of the molecule is CC(C)(C)c1ccc(NC(=O)c2ccc(C=CC(F)(F)F)cc2)cc1. The van der Waals surface area contributed by atoms with Gasteiger partial charge in [-0.25, -0.2) is 0 Å². The van der Waals surface area contributed by atoms with Crippen LogP contribution in [0.4, 0.5) is 18.9 Å². The summed E-state index contributed by atoms with van der Waals surface area (Å²) in [5, 5.41) is 2.78. The highest BCUT2D eigenvalue weighted by molar-refractivity contribution is 6.04. The maximum absolute atomic E-state index is 12.2. The van der Waals surface area contributed by atoms with Gasteiger partial charge in [0.15, 0.2) is 0 Å². The van der Waals surface area contributed by atoms with E-state index >= 15 is 0 Å². The quantitative estimate of drug-likeness (QED) is 0.745. The molecule has 0 bridgehead atoms. The van der Waals surface area contributed by atoms with Crippen molar-refractivity contribution in [3.8, 4) is 0 Å². The van der Waals surface area contributed by atoms with E-state index in [9.17, 15) is 18.0 Å². The van der Waals surface area contributed by atoms with Crippen LogP contribution in [0.1, 0.15) is 42.3 Å². The number of hydrogen-bond donors (Lipinski definition) is 1. The molecule has 0 saturated carbocycles. The molecule has 132 valence electrons. The first-order valence-electron chi connectivity index (χ1n) is 7.82. The minimum atomic E-state index is -4.35. The summed E-state index contributed by atoms with van der Waals surface area (Å²) < 4.78 is 36.4. The van der Waals surface area contributed by atoms with Gasteiger partial charge >= 0.3 is 6.18 Å². The second-order valence-electron chi connectivity index (χ2n) is 6.78. The Labute approximate surface area is 145 Å². The average molecular weight is 347 g/mol. The largest absolute Gasteiger partial charge is 0.409 e. The molecule has 2 aromatic carbocycles. The lowest BCUT2D eigenvalue weighted by atomic mass is 9.87. The van der Waals surface area contributed by atoms with E-state index < -0.39 is 6.18 Å². The standard InChI is InChI=1S/C20H20F3NO/c1-19(2,3)16-8-10-17(11-9-16)24-18(25)15-6-4-14(5-7-15)12-13-20(21,22)23/h4-13H,1-3H3,(H,24,25). The fourth-order valence-corrected chi connectivity index (χ4v) is 2.19. The number of allylic oxidation sites excluding steroid dienone is 1. The molecule has 0 aliphatic carbocycles. The zero-order valence-corrected chi connectivity index (χ0v) is 14.3. The molecule has 2 rings (SSSR count). The van der Waals surface area contributed by atoms with E-state index in [-0.39, 0.29) is 17.4 Å². The fourth-order valence-electron chi connectivity index (χ4n) is 2.19. The number of rotatable bonds is 3. The molecular weight excluding hydrogens is 327 g/mol. The summed E-state index contributed by atoms with van der Waals surface area (Å²) in [6.45, 7) is 6.32. The number of hydrogen-bond acceptors (Lipinski definition) is 1. The highest BCUT2D eigenvalue weighted by Gasteiger charge is 2.21. The summed E-state index contributed by atoms with van der Waals surface area (Å²) in [4.78, 5) is 12.2. The molecule has 0 fully saturated rings. The van der Waals surface area contributed by atoms with Crippen molar-refractivity contribution in [2.24, 2.45) is 0 Å². The third-order valence-electron chi connectivity index (χ3n) is 3.65. The van der Waals surface area contributed by atoms with Crippen LogP contribution in [0.15, 0.2) is 54.6 Å². The smallest absolute Gasteiger partial charge is 0.322 e.